The van der Waals surface area contributed by atoms with Crippen molar-refractivity contribution in [1.29, 1.82) is 0 Å². The summed E-state index contributed by atoms with van der Waals surface area (Å²) in [4.78, 5) is 0. The van der Waals surface area contributed by atoms with Crippen molar-refractivity contribution in [2.75, 3.05) is 13.7 Å². The molecule has 2 aliphatic carbocycles. The fraction of sp³-hybridized carbons (Fsp3) is 1.00. The van der Waals surface area contributed by atoms with Gasteiger partial charge in [-0.25, -0.2) is 0 Å². The van der Waals surface area contributed by atoms with Crippen molar-refractivity contribution in [3.8, 4) is 0 Å². The molecule has 0 aromatic carbocycles. The molecule has 0 bridgehead atoms. The number of methoxy groups -OCH3 is 1. The summed E-state index contributed by atoms with van der Waals surface area (Å²) in [6, 6.07) is 1.41. The lowest BCUT2D eigenvalue weighted by molar-refractivity contribution is 0.151. The largest absolute Gasteiger partial charge is 0.383 e. The van der Waals surface area contributed by atoms with E-state index < -0.39 is 0 Å². The highest BCUT2D eigenvalue weighted by Gasteiger charge is 2.34. The van der Waals surface area contributed by atoms with Crippen molar-refractivity contribution in [1.82, 2.24) is 5.32 Å². The third kappa shape index (κ3) is 3.18. The van der Waals surface area contributed by atoms with Crippen LogP contribution in [0.4, 0.5) is 0 Å². The highest BCUT2D eigenvalue weighted by molar-refractivity contribution is 4.90. The van der Waals surface area contributed by atoms with Crippen LogP contribution in [0.1, 0.15) is 45.4 Å². The van der Waals surface area contributed by atoms with Crippen LogP contribution in [0.2, 0.25) is 0 Å². The average molecular weight is 211 g/mol. The van der Waals surface area contributed by atoms with Gasteiger partial charge in [0.1, 0.15) is 0 Å². The predicted octanol–water partition coefficient (Wildman–Crippen LogP) is 2.58. The van der Waals surface area contributed by atoms with E-state index in [1.807, 2.05) is 7.11 Å². The number of ether oxygens (including phenoxy) is 1. The third-order valence-corrected chi connectivity index (χ3v) is 4.11. The first-order valence-corrected chi connectivity index (χ1v) is 6.58. The van der Waals surface area contributed by atoms with Crippen molar-refractivity contribution in [3.05, 3.63) is 0 Å². The molecule has 2 rings (SSSR count). The van der Waals surface area contributed by atoms with Crippen LogP contribution in [0.15, 0.2) is 0 Å². The summed E-state index contributed by atoms with van der Waals surface area (Å²) >= 11 is 0. The van der Waals surface area contributed by atoms with Gasteiger partial charge in [0.25, 0.3) is 0 Å². The molecule has 1 N–H and O–H groups in total. The molecule has 15 heavy (non-hydrogen) atoms. The van der Waals surface area contributed by atoms with E-state index in [9.17, 15) is 0 Å². The van der Waals surface area contributed by atoms with E-state index in [1.54, 1.807) is 0 Å². The van der Waals surface area contributed by atoms with Crippen LogP contribution < -0.4 is 5.32 Å². The van der Waals surface area contributed by atoms with Gasteiger partial charge in [-0.2, -0.15) is 0 Å². The first kappa shape index (κ1) is 11.4. The van der Waals surface area contributed by atoms with Crippen LogP contribution in [0.3, 0.4) is 0 Å². The molecule has 3 atom stereocenters. The second-order valence-electron chi connectivity index (χ2n) is 5.35. The van der Waals surface area contributed by atoms with Crippen LogP contribution in [-0.4, -0.2) is 25.8 Å². The Kier molecular flexibility index (Phi) is 4.04. The van der Waals surface area contributed by atoms with E-state index in [-0.39, 0.29) is 0 Å². The van der Waals surface area contributed by atoms with E-state index in [0.717, 1.165) is 24.5 Å². The van der Waals surface area contributed by atoms with Gasteiger partial charge in [-0.1, -0.05) is 13.3 Å². The summed E-state index contributed by atoms with van der Waals surface area (Å²) in [5.74, 6) is 1.88. The summed E-state index contributed by atoms with van der Waals surface area (Å²) in [6.45, 7) is 3.22. The Morgan fingerprint density at radius 1 is 1.27 bits per heavy atom. The van der Waals surface area contributed by atoms with E-state index >= 15 is 0 Å². The van der Waals surface area contributed by atoms with Gasteiger partial charge in [0, 0.05) is 19.2 Å². The lowest BCUT2D eigenvalue weighted by atomic mass is 10.1. The molecule has 0 radical (unpaired) electrons. The molecule has 88 valence electrons. The number of hydrogen-bond acceptors (Lipinski definition) is 2. The second kappa shape index (κ2) is 5.31. The van der Waals surface area contributed by atoms with E-state index in [2.05, 4.69) is 12.2 Å². The van der Waals surface area contributed by atoms with Gasteiger partial charge in [0.2, 0.25) is 0 Å². The maximum Gasteiger partial charge on any atom is 0.0618 e. The molecule has 2 fully saturated rings. The summed E-state index contributed by atoms with van der Waals surface area (Å²) in [6.07, 6.45) is 8.37. The molecule has 0 aromatic rings. The Bertz CT molecular complexity index is 191. The fourth-order valence-electron chi connectivity index (χ4n) is 2.90. The minimum absolute atomic E-state index is 0.635. The Balaban J connectivity index is 1.74. The molecule has 0 aromatic heterocycles. The van der Waals surface area contributed by atoms with Gasteiger partial charge in [-0.05, 0) is 43.9 Å². The molecule has 0 aliphatic heterocycles. The van der Waals surface area contributed by atoms with Crippen LogP contribution >= 0.6 is 0 Å². The number of nitrogens with one attached hydrogen (secondary N) is 1. The second-order valence-corrected chi connectivity index (χ2v) is 5.35. The van der Waals surface area contributed by atoms with Crippen molar-refractivity contribution in [3.63, 3.8) is 0 Å². The summed E-state index contributed by atoms with van der Waals surface area (Å²) < 4.78 is 5.31. The van der Waals surface area contributed by atoms with Crippen LogP contribution in [0, 0.1) is 11.8 Å². The van der Waals surface area contributed by atoms with Crippen molar-refractivity contribution in [2.24, 2.45) is 11.8 Å². The lowest BCUT2D eigenvalue weighted by Crippen LogP contribution is -2.41. The zero-order valence-corrected chi connectivity index (χ0v) is 10.2. The zero-order chi connectivity index (χ0) is 10.7. The average Bonchev–Trinajstić information content (AvgIpc) is 2.99. The molecule has 2 heteroatoms. The fourth-order valence-corrected chi connectivity index (χ4v) is 2.90. The maximum atomic E-state index is 5.31. The van der Waals surface area contributed by atoms with Crippen LogP contribution in [0.25, 0.3) is 0 Å². The number of rotatable bonds is 6. The highest BCUT2D eigenvalue weighted by atomic mass is 16.5. The minimum Gasteiger partial charge on any atom is -0.383 e. The molecule has 0 spiro atoms. The third-order valence-electron chi connectivity index (χ3n) is 4.11. The van der Waals surface area contributed by atoms with Crippen molar-refractivity contribution in [2.45, 2.75) is 57.5 Å². The van der Waals surface area contributed by atoms with Crippen molar-refractivity contribution < 1.29 is 4.74 Å². The molecule has 0 saturated heterocycles. The van der Waals surface area contributed by atoms with Gasteiger partial charge in [0.15, 0.2) is 0 Å². The van der Waals surface area contributed by atoms with E-state index in [1.165, 1.54) is 38.5 Å². The monoisotopic (exact) mass is 211 g/mol. The zero-order valence-electron chi connectivity index (χ0n) is 10.2. The summed E-state index contributed by atoms with van der Waals surface area (Å²) in [5, 5.41) is 3.82. The predicted molar refractivity (Wildman–Crippen MR) is 62.9 cm³/mol. The molecule has 2 nitrogen and oxygen atoms in total. The first-order chi connectivity index (χ1) is 7.33. The molecule has 2 aliphatic rings. The van der Waals surface area contributed by atoms with Gasteiger partial charge in [-0.15, -0.1) is 0 Å². The van der Waals surface area contributed by atoms with Crippen LogP contribution in [-0.2, 0) is 4.74 Å². The van der Waals surface area contributed by atoms with Crippen LogP contribution in [0.5, 0.6) is 0 Å². The smallest absolute Gasteiger partial charge is 0.0618 e. The van der Waals surface area contributed by atoms with Gasteiger partial charge >= 0.3 is 0 Å². The number of hydrogen-bond donors (Lipinski definition) is 1. The molecule has 3 unspecified atom stereocenters. The molecule has 0 amide bonds. The maximum absolute atomic E-state index is 5.31. The Morgan fingerprint density at radius 3 is 2.60 bits per heavy atom. The highest BCUT2D eigenvalue weighted by Crippen LogP contribution is 2.35. The van der Waals surface area contributed by atoms with Gasteiger partial charge in [0.05, 0.1) is 6.61 Å². The summed E-state index contributed by atoms with van der Waals surface area (Å²) in [5.41, 5.74) is 0. The van der Waals surface area contributed by atoms with Crippen molar-refractivity contribution >= 4 is 0 Å². The molecule has 0 heterocycles. The Hall–Kier alpha value is -0.0800. The van der Waals surface area contributed by atoms with Gasteiger partial charge < -0.3 is 10.1 Å². The standard InChI is InChI=1S/C13H25NO/c1-3-10-4-7-12(8-10)14-13(9-15-2)11-5-6-11/h10-14H,3-9H2,1-2H3. The normalized spacial score (nSPS) is 33.2. The topological polar surface area (TPSA) is 21.3 Å². The first-order valence-electron chi connectivity index (χ1n) is 6.58. The van der Waals surface area contributed by atoms with Gasteiger partial charge in [-0.3, -0.25) is 0 Å². The molecule has 2 saturated carbocycles. The molecular weight excluding hydrogens is 186 g/mol. The van der Waals surface area contributed by atoms with E-state index in [4.69, 9.17) is 4.74 Å². The Labute approximate surface area is 93.8 Å². The quantitative estimate of drug-likeness (QED) is 0.729. The van der Waals surface area contributed by atoms with E-state index in [0.29, 0.717) is 6.04 Å². The summed E-state index contributed by atoms with van der Waals surface area (Å²) in [7, 11) is 1.82. The SMILES string of the molecule is CCC1CCC(NC(COC)C2CC2)C1. The lowest BCUT2D eigenvalue weighted by Gasteiger charge is -2.22. The molecular formula is C13H25NO. The Morgan fingerprint density at radius 2 is 2.07 bits per heavy atom. The minimum atomic E-state index is 0.635.